The number of rotatable bonds is 4. The molecule has 1 unspecified atom stereocenters. The Morgan fingerprint density at radius 1 is 1.50 bits per heavy atom. The highest BCUT2D eigenvalue weighted by atomic mass is 79.9. The SMILES string of the molecule is CCNCc1ccc(Br)cc1N1CCOCC1C. The van der Waals surface area contributed by atoms with Crippen molar-refractivity contribution in [2.45, 2.75) is 26.4 Å². The first kappa shape index (κ1) is 13.8. The van der Waals surface area contributed by atoms with E-state index in [1.165, 1.54) is 11.3 Å². The highest BCUT2D eigenvalue weighted by Crippen LogP contribution is 2.28. The van der Waals surface area contributed by atoms with Gasteiger partial charge in [-0.15, -0.1) is 0 Å². The number of hydrogen-bond donors (Lipinski definition) is 1. The van der Waals surface area contributed by atoms with E-state index >= 15 is 0 Å². The molecule has 1 aromatic rings. The van der Waals surface area contributed by atoms with Crippen LogP contribution in [-0.4, -0.2) is 32.3 Å². The monoisotopic (exact) mass is 312 g/mol. The average molecular weight is 313 g/mol. The van der Waals surface area contributed by atoms with Crippen LogP contribution < -0.4 is 10.2 Å². The molecule has 1 saturated heterocycles. The number of nitrogens with zero attached hydrogens (tertiary/aromatic N) is 1. The van der Waals surface area contributed by atoms with Crippen molar-refractivity contribution in [3.05, 3.63) is 28.2 Å². The van der Waals surface area contributed by atoms with E-state index in [9.17, 15) is 0 Å². The largest absolute Gasteiger partial charge is 0.377 e. The zero-order valence-corrected chi connectivity index (χ0v) is 12.7. The Morgan fingerprint density at radius 2 is 2.33 bits per heavy atom. The molecule has 0 saturated carbocycles. The first-order valence-corrected chi connectivity index (χ1v) is 7.35. The molecule has 100 valence electrons. The molecule has 1 aliphatic rings. The minimum absolute atomic E-state index is 0.438. The van der Waals surface area contributed by atoms with Gasteiger partial charge in [0.15, 0.2) is 0 Å². The van der Waals surface area contributed by atoms with Gasteiger partial charge in [-0.1, -0.05) is 28.9 Å². The first-order valence-electron chi connectivity index (χ1n) is 6.56. The Kier molecular flexibility index (Phi) is 5.03. The van der Waals surface area contributed by atoms with Crippen LogP contribution in [0.15, 0.2) is 22.7 Å². The smallest absolute Gasteiger partial charge is 0.0668 e. The van der Waals surface area contributed by atoms with E-state index in [0.29, 0.717) is 6.04 Å². The fraction of sp³-hybridized carbons (Fsp3) is 0.571. The summed E-state index contributed by atoms with van der Waals surface area (Å²) in [7, 11) is 0. The molecule has 18 heavy (non-hydrogen) atoms. The van der Waals surface area contributed by atoms with Crippen LogP contribution in [0, 0.1) is 0 Å². The van der Waals surface area contributed by atoms with Gasteiger partial charge in [0.25, 0.3) is 0 Å². The Balaban J connectivity index is 2.25. The highest BCUT2D eigenvalue weighted by Gasteiger charge is 2.21. The summed E-state index contributed by atoms with van der Waals surface area (Å²) < 4.78 is 6.65. The summed E-state index contributed by atoms with van der Waals surface area (Å²) in [6, 6.07) is 6.97. The molecule has 1 atom stereocenters. The number of morpholine rings is 1. The molecule has 1 fully saturated rings. The van der Waals surface area contributed by atoms with Crippen LogP contribution in [-0.2, 0) is 11.3 Å². The lowest BCUT2D eigenvalue weighted by Crippen LogP contribution is -2.44. The van der Waals surface area contributed by atoms with Crippen LogP contribution in [0.5, 0.6) is 0 Å². The van der Waals surface area contributed by atoms with Gasteiger partial charge in [0.1, 0.15) is 0 Å². The fourth-order valence-electron chi connectivity index (χ4n) is 2.30. The minimum atomic E-state index is 0.438. The maximum Gasteiger partial charge on any atom is 0.0668 e. The molecule has 1 heterocycles. The van der Waals surface area contributed by atoms with Gasteiger partial charge < -0.3 is 15.0 Å². The molecule has 0 amide bonds. The average Bonchev–Trinajstić information content (AvgIpc) is 2.38. The van der Waals surface area contributed by atoms with E-state index in [4.69, 9.17) is 4.74 Å². The molecule has 1 aromatic carbocycles. The van der Waals surface area contributed by atoms with Gasteiger partial charge >= 0.3 is 0 Å². The van der Waals surface area contributed by atoms with Crippen LogP contribution in [0.25, 0.3) is 0 Å². The van der Waals surface area contributed by atoms with E-state index in [0.717, 1.165) is 37.3 Å². The molecule has 0 aliphatic carbocycles. The van der Waals surface area contributed by atoms with Crippen molar-refractivity contribution < 1.29 is 4.74 Å². The third kappa shape index (κ3) is 3.25. The molecular formula is C14H21BrN2O. The second-order valence-corrected chi connectivity index (χ2v) is 5.59. The third-order valence-electron chi connectivity index (χ3n) is 3.29. The molecule has 0 spiro atoms. The Bertz CT molecular complexity index is 397. The Labute approximate surface area is 118 Å². The van der Waals surface area contributed by atoms with Crippen molar-refractivity contribution >= 4 is 21.6 Å². The molecule has 0 aromatic heterocycles. The number of anilines is 1. The zero-order chi connectivity index (χ0) is 13.0. The summed E-state index contributed by atoms with van der Waals surface area (Å²) in [5.74, 6) is 0. The van der Waals surface area contributed by atoms with Crippen LogP contribution in [0.2, 0.25) is 0 Å². The third-order valence-corrected chi connectivity index (χ3v) is 3.78. The zero-order valence-electron chi connectivity index (χ0n) is 11.1. The molecule has 1 N–H and O–H groups in total. The molecule has 0 bridgehead atoms. The number of hydrogen-bond acceptors (Lipinski definition) is 3. The minimum Gasteiger partial charge on any atom is -0.377 e. The quantitative estimate of drug-likeness (QED) is 0.925. The normalized spacial score (nSPS) is 20.2. The van der Waals surface area contributed by atoms with Gasteiger partial charge in [-0.25, -0.2) is 0 Å². The number of ether oxygens (including phenoxy) is 1. The van der Waals surface area contributed by atoms with Crippen LogP contribution in [0.3, 0.4) is 0 Å². The molecule has 1 aliphatic heterocycles. The molecule has 4 heteroatoms. The van der Waals surface area contributed by atoms with Crippen LogP contribution in [0.4, 0.5) is 5.69 Å². The summed E-state index contributed by atoms with van der Waals surface area (Å²) in [5.41, 5.74) is 2.68. The summed E-state index contributed by atoms with van der Waals surface area (Å²) in [6.45, 7) is 8.87. The molecular weight excluding hydrogens is 292 g/mol. The van der Waals surface area contributed by atoms with Crippen LogP contribution >= 0.6 is 15.9 Å². The van der Waals surface area contributed by atoms with Crippen LogP contribution in [0.1, 0.15) is 19.4 Å². The van der Waals surface area contributed by atoms with E-state index in [2.05, 4.69) is 58.2 Å². The summed E-state index contributed by atoms with van der Waals surface area (Å²) in [6.07, 6.45) is 0. The van der Waals surface area contributed by atoms with Crippen molar-refractivity contribution in [3.8, 4) is 0 Å². The number of benzene rings is 1. The first-order chi connectivity index (χ1) is 8.72. The lowest BCUT2D eigenvalue weighted by Gasteiger charge is -2.36. The lowest BCUT2D eigenvalue weighted by molar-refractivity contribution is 0.0988. The van der Waals surface area contributed by atoms with E-state index in [1.807, 2.05) is 0 Å². The Hall–Kier alpha value is -0.580. The summed E-state index contributed by atoms with van der Waals surface area (Å²) >= 11 is 3.57. The number of halogens is 1. The van der Waals surface area contributed by atoms with Gasteiger partial charge in [-0.05, 0) is 31.2 Å². The lowest BCUT2D eigenvalue weighted by atomic mass is 10.1. The van der Waals surface area contributed by atoms with E-state index in [1.54, 1.807) is 0 Å². The van der Waals surface area contributed by atoms with Gasteiger partial charge in [-0.3, -0.25) is 0 Å². The fourth-order valence-corrected chi connectivity index (χ4v) is 2.65. The topological polar surface area (TPSA) is 24.5 Å². The second kappa shape index (κ2) is 6.55. The van der Waals surface area contributed by atoms with Gasteiger partial charge in [-0.2, -0.15) is 0 Å². The molecule has 3 nitrogen and oxygen atoms in total. The Morgan fingerprint density at radius 3 is 3.06 bits per heavy atom. The van der Waals surface area contributed by atoms with E-state index < -0.39 is 0 Å². The maximum absolute atomic E-state index is 5.52. The van der Waals surface area contributed by atoms with Crippen molar-refractivity contribution in [2.24, 2.45) is 0 Å². The standard InChI is InChI=1S/C14H21BrN2O/c1-3-16-9-12-4-5-13(15)8-14(12)17-6-7-18-10-11(17)2/h4-5,8,11,16H,3,6-7,9-10H2,1-2H3. The molecule has 0 radical (unpaired) electrons. The van der Waals surface area contributed by atoms with Crippen molar-refractivity contribution in [3.63, 3.8) is 0 Å². The highest BCUT2D eigenvalue weighted by molar-refractivity contribution is 9.10. The maximum atomic E-state index is 5.52. The van der Waals surface area contributed by atoms with Gasteiger partial charge in [0.2, 0.25) is 0 Å². The second-order valence-electron chi connectivity index (χ2n) is 4.67. The predicted octanol–water partition coefficient (Wildman–Crippen LogP) is 2.78. The summed E-state index contributed by atoms with van der Waals surface area (Å²) in [4.78, 5) is 2.45. The van der Waals surface area contributed by atoms with Crippen molar-refractivity contribution in [1.82, 2.24) is 5.32 Å². The molecule has 2 rings (SSSR count). The van der Waals surface area contributed by atoms with Crippen molar-refractivity contribution in [1.29, 1.82) is 0 Å². The summed E-state index contributed by atoms with van der Waals surface area (Å²) in [5, 5.41) is 3.41. The van der Waals surface area contributed by atoms with Gasteiger partial charge in [0.05, 0.1) is 13.2 Å². The predicted molar refractivity (Wildman–Crippen MR) is 79.1 cm³/mol. The van der Waals surface area contributed by atoms with Crippen molar-refractivity contribution in [2.75, 3.05) is 31.2 Å². The van der Waals surface area contributed by atoms with E-state index in [-0.39, 0.29) is 0 Å². The number of nitrogens with one attached hydrogen (secondary N) is 1. The van der Waals surface area contributed by atoms with Gasteiger partial charge in [0, 0.05) is 29.3 Å².